The summed E-state index contributed by atoms with van der Waals surface area (Å²) in [5.41, 5.74) is -0.669. The largest absolute Gasteiger partial charge is 0.476 e. The maximum atomic E-state index is 10.6. The molecule has 2 rings (SSSR count). The van der Waals surface area contributed by atoms with Gasteiger partial charge >= 0.3 is 11.7 Å². The average Bonchev–Trinajstić information content (AvgIpc) is 2.86. The van der Waals surface area contributed by atoms with Gasteiger partial charge in [-0.15, -0.1) is 0 Å². The first-order valence-corrected chi connectivity index (χ1v) is 3.97. The third-order valence-electron chi connectivity index (χ3n) is 1.79. The summed E-state index contributed by atoms with van der Waals surface area (Å²) < 4.78 is 4.65. The molecule has 0 aliphatic heterocycles. The number of rotatable bonds is 3. The number of carboxylic acid groups (broad SMARTS) is 1. The highest BCUT2D eigenvalue weighted by Crippen LogP contribution is 2.27. The molecule has 2 aromatic rings. The molecule has 0 spiro atoms. The molecular formula is C7H4N4O5. The normalized spacial score (nSPS) is 10.2. The molecule has 2 N–H and O–H groups in total. The van der Waals surface area contributed by atoms with Crippen molar-refractivity contribution >= 4 is 11.7 Å². The highest BCUT2D eigenvalue weighted by molar-refractivity contribution is 5.86. The molecule has 2 aromatic heterocycles. The number of nitrogens with zero attached hydrogens (tertiary/aromatic N) is 3. The zero-order valence-electron chi connectivity index (χ0n) is 7.58. The Kier molecular flexibility index (Phi) is 2.12. The second-order valence-electron chi connectivity index (χ2n) is 2.77. The Hall–Kier alpha value is -2.71. The van der Waals surface area contributed by atoms with Crippen molar-refractivity contribution in [2.45, 2.75) is 0 Å². The van der Waals surface area contributed by atoms with Gasteiger partial charge < -0.3 is 9.63 Å². The summed E-state index contributed by atoms with van der Waals surface area (Å²) >= 11 is 0. The van der Waals surface area contributed by atoms with Gasteiger partial charge in [0, 0.05) is 6.07 Å². The molecule has 0 fully saturated rings. The summed E-state index contributed by atoms with van der Waals surface area (Å²) in [6, 6.07) is 1.07. The molecule has 0 bridgehead atoms. The van der Waals surface area contributed by atoms with Gasteiger partial charge in [-0.3, -0.25) is 15.2 Å². The quantitative estimate of drug-likeness (QED) is 0.577. The van der Waals surface area contributed by atoms with Crippen LogP contribution in [0.4, 0.5) is 5.69 Å². The monoisotopic (exact) mass is 224 g/mol. The van der Waals surface area contributed by atoms with Crippen molar-refractivity contribution in [3.05, 3.63) is 28.1 Å². The average molecular weight is 224 g/mol. The first-order valence-electron chi connectivity index (χ1n) is 3.97. The van der Waals surface area contributed by atoms with Gasteiger partial charge in [-0.1, -0.05) is 5.16 Å². The van der Waals surface area contributed by atoms with E-state index in [0.717, 1.165) is 12.3 Å². The fraction of sp³-hybridized carbons (Fsp3) is 0. The van der Waals surface area contributed by atoms with Crippen LogP contribution in [0.3, 0.4) is 0 Å². The molecule has 9 heteroatoms. The van der Waals surface area contributed by atoms with Crippen LogP contribution in [0.25, 0.3) is 11.5 Å². The van der Waals surface area contributed by atoms with Gasteiger partial charge in [-0.05, 0) is 0 Å². The Bertz CT molecular complexity index is 557. The molecule has 2 heterocycles. The lowest BCUT2D eigenvalue weighted by atomic mass is 10.3. The molecule has 0 saturated heterocycles. The third-order valence-corrected chi connectivity index (χ3v) is 1.79. The number of nitrogens with one attached hydrogen (secondary N) is 1. The summed E-state index contributed by atoms with van der Waals surface area (Å²) in [7, 11) is 0. The first kappa shape index (κ1) is 9.83. The number of aromatic carboxylic acids is 1. The van der Waals surface area contributed by atoms with Crippen LogP contribution in [0.2, 0.25) is 0 Å². The van der Waals surface area contributed by atoms with Gasteiger partial charge in [0.25, 0.3) is 0 Å². The lowest BCUT2D eigenvalue weighted by molar-refractivity contribution is -0.384. The molecule has 0 saturated carbocycles. The Morgan fingerprint density at radius 2 is 2.38 bits per heavy atom. The zero-order valence-corrected chi connectivity index (χ0v) is 7.58. The number of aromatic nitrogens is 3. The van der Waals surface area contributed by atoms with Crippen molar-refractivity contribution in [2.24, 2.45) is 0 Å². The van der Waals surface area contributed by atoms with Crippen LogP contribution in [0, 0.1) is 10.1 Å². The van der Waals surface area contributed by atoms with Crippen molar-refractivity contribution in [1.29, 1.82) is 0 Å². The van der Waals surface area contributed by atoms with Crippen LogP contribution < -0.4 is 0 Å². The maximum absolute atomic E-state index is 10.6. The summed E-state index contributed by atoms with van der Waals surface area (Å²) in [6.07, 6.45) is 0.998. The molecule has 9 nitrogen and oxygen atoms in total. The van der Waals surface area contributed by atoms with Crippen LogP contribution in [0.15, 0.2) is 16.8 Å². The summed E-state index contributed by atoms with van der Waals surface area (Å²) in [4.78, 5) is 20.4. The summed E-state index contributed by atoms with van der Waals surface area (Å²) in [5, 5.41) is 28.2. The van der Waals surface area contributed by atoms with Gasteiger partial charge in [0.15, 0.2) is 17.1 Å². The van der Waals surface area contributed by atoms with Crippen molar-refractivity contribution in [3.63, 3.8) is 0 Å². The molecule has 0 radical (unpaired) electrons. The van der Waals surface area contributed by atoms with Gasteiger partial charge in [0.2, 0.25) is 0 Å². The molecular weight excluding hydrogens is 220 g/mol. The molecule has 0 aliphatic rings. The molecule has 0 aromatic carbocycles. The lowest BCUT2D eigenvalue weighted by Crippen LogP contribution is -1.94. The second kappa shape index (κ2) is 3.46. The van der Waals surface area contributed by atoms with E-state index in [1.807, 2.05) is 0 Å². The molecule has 0 atom stereocenters. The van der Waals surface area contributed by atoms with Crippen LogP contribution in [-0.4, -0.2) is 31.4 Å². The van der Waals surface area contributed by atoms with Crippen molar-refractivity contribution in [3.8, 4) is 11.5 Å². The van der Waals surface area contributed by atoms with Gasteiger partial charge in [0.1, 0.15) is 6.20 Å². The predicted molar refractivity (Wildman–Crippen MR) is 47.7 cm³/mol. The van der Waals surface area contributed by atoms with E-state index >= 15 is 0 Å². The molecule has 0 unspecified atom stereocenters. The number of carbonyl (C=O) groups is 1. The van der Waals surface area contributed by atoms with Crippen molar-refractivity contribution < 1.29 is 19.3 Å². The van der Waals surface area contributed by atoms with Crippen molar-refractivity contribution in [2.75, 3.05) is 0 Å². The van der Waals surface area contributed by atoms with E-state index in [1.54, 1.807) is 0 Å². The molecule has 0 aliphatic carbocycles. The predicted octanol–water partition coefficient (Wildman–Crippen LogP) is 0.671. The summed E-state index contributed by atoms with van der Waals surface area (Å²) in [5.74, 6) is -1.33. The standard InChI is InChI=1S/C7H4N4O5/c12-7(13)3-1-5(16-10-3)6-4(11(14)15)2-8-9-6/h1-2H,(H,8,9)(H,12,13). The van der Waals surface area contributed by atoms with Gasteiger partial charge in [-0.2, -0.15) is 5.10 Å². The number of hydrogen-bond donors (Lipinski definition) is 2. The number of aromatic amines is 1. The van der Waals surface area contributed by atoms with Crippen LogP contribution in [-0.2, 0) is 0 Å². The smallest absolute Gasteiger partial charge is 0.358 e. The number of H-pyrrole nitrogens is 1. The SMILES string of the molecule is O=C(O)c1cc(-c2[nH]ncc2[N+](=O)[O-])on1. The lowest BCUT2D eigenvalue weighted by Gasteiger charge is -1.88. The van der Waals surface area contributed by atoms with Crippen molar-refractivity contribution in [1.82, 2.24) is 15.4 Å². The van der Waals surface area contributed by atoms with Gasteiger partial charge in [-0.25, -0.2) is 4.79 Å². The number of nitro groups is 1. The fourth-order valence-electron chi connectivity index (χ4n) is 1.09. The van der Waals surface area contributed by atoms with Crippen LogP contribution in [0.5, 0.6) is 0 Å². The van der Waals surface area contributed by atoms with E-state index < -0.39 is 10.9 Å². The highest BCUT2D eigenvalue weighted by atomic mass is 16.6. The second-order valence-corrected chi connectivity index (χ2v) is 2.77. The minimum atomic E-state index is -1.28. The number of carboxylic acids is 1. The minimum absolute atomic E-state index is 0.0231. The van der Waals surface area contributed by atoms with E-state index in [4.69, 9.17) is 5.11 Å². The minimum Gasteiger partial charge on any atom is -0.476 e. The first-order chi connectivity index (χ1) is 7.59. The highest BCUT2D eigenvalue weighted by Gasteiger charge is 2.22. The third kappa shape index (κ3) is 1.49. The molecule has 0 amide bonds. The maximum Gasteiger partial charge on any atom is 0.358 e. The molecule has 82 valence electrons. The number of hydrogen-bond acceptors (Lipinski definition) is 6. The van der Waals surface area contributed by atoms with Gasteiger partial charge in [0.05, 0.1) is 4.92 Å². The Morgan fingerprint density at radius 1 is 1.62 bits per heavy atom. The van der Waals surface area contributed by atoms with E-state index in [1.165, 1.54) is 0 Å². The Labute approximate surface area is 86.8 Å². The zero-order chi connectivity index (χ0) is 11.7. The van der Waals surface area contributed by atoms with E-state index in [-0.39, 0.29) is 22.8 Å². The molecule has 16 heavy (non-hydrogen) atoms. The topological polar surface area (TPSA) is 135 Å². The van der Waals surface area contributed by atoms with Crippen LogP contribution in [0.1, 0.15) is 10.5 Å². The Morgan fingerprint density at radius 3 is 2.94 bits per heavy atom. The Balaban J connectivity index is 2.46. The van der Waals surface area contributed by atoms with E-state index in [0.29, 0.717) is 0 Å². The summed E-state index contributed by atoms with van der Waals surface area (Å²) in [6.45, 7) is 0. The van der Waals surface area contributed by atoms with E-state index in [2.05, 4.69) is 19.9 Å². The van der Waals surface area contributed by atoms with E-state index in [9.17, 15) is 14.9 Å². The fourth-order valence-corrected chi connectivity index (χ4v) is 1.09. The van der Waals surface area contributed by atoms with Crippen LogP contribution >= 0.6 is 0 Å².